The first kappa shape index (κ1) is 49.9. The Kier molecular flexibility index (Phi) is 14.3. The van der Waals surface area contributed by atoms with E-state index in [0.717, 1.165) is 19.6 Å². The maximum Gasteiger partial charge on any atom is 0.307 e. The lowest BCUT2D eigenvalue weighted by Gasteiger charge is -2.38. The number of aromatic nitrogens is 1. The molecule has 1 fully saturated rings. The molecule has 4 bridgehead atoms. The summed E-state index contributed by atoms with van der Waals surface area (Å²) in [6, 6.07) is 3.16. The van der Waals surface area contributed by atoms with Crippen LogP contribution in [0.25, 0.3) is 38.7 Å². The second-order valence-electron chi connectivity index (χ2n) is 19.2. The minimum absolute atomic E-state index is 0.0390. The van der Waals surface area contributed by atoms with Crippen LogP contribution >= 0.6 is 0 Å². The molecule has 0 aliphatic carbocycles. The highest BCUT2D eigenvalue weighted by molar-refractivity contribution is 6.16. The van der Waals surface area contributed by atoms with Gasteiger partial charge >= 0.3 is 11.8 Å². The fourth-order valence-electron chi connectivity index (χ4n) is 9.76. The topological polar surface area (TPSA) is 231 Å². The second kappa shape index (κ2) is 19.5. The number of allylic oxidation sites excluding steroid dienone is 2. The Morgan fingerprint density at radius 2 is 1.65 bits per heavy atom. The van der Waals surface area contributed by atoms with Gasteiger partial charge in [0.05, 0.1) is 35.2 Å². The highest BCUT2D eigenvalue weighted by atomic mass is 16.7. The van der Waals surface area contributed by atoms with Gasteiger partial charge in [-0.15, -0.1) is 0 Å². The van der Waals surface area contributed by atoms with Crippen LogP contribution in [0.1, 0.15) is 67.9 Å². The smallest absolute Gasteiger partial charge is 0.307 e. The van der Waals surface area contributed by atoms with E-state index in [0.29, 0.717) is 24.7 Å². The lowest BCUT2D eigenvalue weighted by molar-refractivity contribution is -0.160. The molecule has 4 heterocycles. The van der Waals surface area contributed by atoms with Crippen LogP contribution in [0.3, 0.4) is 0 Å². The quantitative estimate of drug-likeness (QED) is 0.0966. The number of phenols is 1. The summed E-state index contributed by atoms with van der Waals surface area (Å²) in [5.74, 6) is -6.43. The maximum absolute atomic E-state index is 14.9. The number of hydrogen-bond donors (Lipinski definition) is 5. The highest BCUT2D eigenvalue weighted by Crippen LogP contribution is 2.42. The molecular formula is C51H64N4O13. The zero-order valence-electron chi connectivity index (χ0n) is 40.6. The number of carbonyl (C=O) groups is 2. The average molecular weight is 941 g/mol. The van der Waals surface area contributed by atoms with Gasteiger partial charge in [-0.05, 0) is 25.8 Å². The van der Waals surface area contributed by atoms with E-state index in [1.165, 1.54) is 59.3 Å². The molecule has 17 heteroatoms. The summed E-state index contributed by atoms with van der Waals surface area (Å²) in [6.45, 7) is 20.8. The standard InChI is InChI=1S/C51H64N4O13/c1-24(2)23-54-16-18-55(19-17-54)32-21-33(57)39-35(22-32)67-48-40(52-39)36-37-44(60)30(8)47-38(36)49(62)51(10,68-47)65-20-15-34(64-11)27(5)46(66-31(9)56)29(7)43(59)28(6)42(58)25(3)13-12-14-26(4)50(63)53-41(48)45(37)61/h12-15,20-22,24-25,27-29,34,42-43,46,58-60,62H,16-19,23H2,1-11H3,(H,53,63)/b13-12+,20-15+,26-14-/t25-,27-,28-,29-,34+,42-,43-,46-,51?/m0/s1. The van der Waals surface area contributed by atoms with Crippen LogP contribution < -0.4 is 31.0 Å². The Labute approximate surface area is 394 Å². The van der Waals surface area contributed by atoms with E-state index in [9.17, 15) is 39.6 Å². The molecule has 9 atom stereocenters. The van der Waals surface area contributed by atoms with Gasteiger partial charge in [0, 0.05) is 112 Å². The molecule has 4 aromatic rings. The molecule has 3 aromatic carbocycles. The summed E-state index contributed by atoms with van der Waals surface area (Å²) in [5, 5.41) is 49.3. The molecule has 0 saturated carbocycles. The lowest BCUT2D eigenvalue weighted by atomic mass is 9.78. The van der Waals surface area contributed by atoms with Crippen LogP contribution in [-0.4, -0.2) is 112 Å². The van der Waals surface area contributed by atoms with E-state index in [1.54, 1.807) is 45.9 Å². The Morgan fingerprint density at radius 1 is 0.956 bits per heavy atom. The number of aliphatic hydroxyl groups excluding tert-OH is 3. The number of anilines is 2. The summed E-state index contributed by atoms with van der Waals surface area (Å²) in [5.41, 5.74) is -1.35. The predicted octanol–water partition coefficient (Wildman–Crippen LogP) is 5.34. The molecule has 1 amide bonds. The molecule has 17 nitrogen and oxygen atoms in total. The van der Waals surface area contributed by atoms with Crippen molar-refractivity contribution >= 4 is 62.0 Å². The molecule has 68 heavy (non-hydrogen) atoms. The van der Waals surface area contributed by atoms with Crippen molar-refractivity contribution in [2.75, 3.05) is 50.1 Å². The van der Waals surface area contributed by atoms with Gasteiger partial charge in [-0.25, -0.2) is 4.98 Å². The number of phenolic OH excluding ortho intramolecular Hbond substituents is 1. The van der Waals surface area contributed by atoms with Crippen LogP contribution in [0.5, 0.6) is 11.5 Å². The van der Waals surface area contributed by atoms with Crippen molar-refractivity contribution in [3.05, 3.63) is 79.5 Å². The third-order valence-electron chi connectivity index (χ3n) is 13.8. The van der Waals surface area contributed by atoms with Gasteiger partial charge < -0.3 is 54.0 Å². The Morgan fingerprint density at radius 3 is 2.29 bits per heavy atom. The molecular weight excluding hydrogens is 877 g/mol. The number of benzene rings is 3. The Hall–Kier alpha value is -6.01. The van der Waals surface area contributed by atoms with Crippen LogP contribution in [0, 0.1) is 36.5 Å². The van der Waals surface area contributed by atoms with E-state index < -0.39 is 88.1 Å². The van der Waals surface area contributed by atoms with Gasteiger partial charge in [0.1, 0.15) is 28.8 Å². The fourth-order valence-corrected chi connectivity index (χ4v) is 9.76. The van der Waals surface area contributed by atoms with Gasteiger partial charge in [-0.2, -0.15) is 0 Å². The summed E-state index contributed by atoms with van der Waals surface area (Å²) in [6.07, 6.45) is 3.57. The van der Waals surface area contributed by atoms with E-state index in [2.05, 4.69) is 29.0 Å². The molecule has 0 radical (unpaired) electrons. The van der Waals surface area contributed by atoms with Crippen molar-refractivity contribution in [3.8, 4) is 11.5 Å². The van der Waals surface area contributed by atoms with E-state index >= 15 is 0 Å². The summed E-state index contributed by atoms with van der Waals surface area (Å²) in [7, 11) is 1.45. The van der Waals surface area contributed by atoms with E-state index in [-0.39, 0.29) is 60.8 Å². The average Bonchev–Trinajstić information content (AvgIpc) is 3.56. The van der Waals surface area contributed by atoms with Crippen LogP contribution in [0.15, 0.2) is 62.3 Å². The van der Waals surface area contributed by atoms with Crippen molar-refractivity contribution in [1.82, 2.24) is 9.88 Å². The highest BCUT2D eigenvalue weighted by Gasteiger charge is 2.44. The van der Waals surface area contributed by atoms with Gasteiger partial charge in [0.25, 0.3) is 5.91 Å². The van der Waals surface area contributed by atoms with Crippen molar-refractivity contribution in [2.24, 2.45) is 29.6 Å². The van der Waals surface area contributed by atoms with Gasteiger partial charge in [0.15, 0.2) is 22.4 Å². The maximum atomic E-state index is 14.9. The number of esters is 1. The minimum Gasteiger partial charge on any atom is -0.507 e. The lowest BCUT2D eigenvalue weighted by Crippen LogP contribution is -2.47. The largest absolute Gasteiger partial charge is 0.507 e. The summed E-state index contributed by atoms with van der Waals surface area (Å²) >= 11 is 0. The fraction of sp³-hybridized carbons (Fsp3) is 0.510. The molecule has 366 valence electrons. The van der Waals surface area contributed by atoms with Crippen molar-refractivity contribution in [1.29, 1.82) is 0 Å². The number of methoxy groups -OCH3 is 1. The first-order valence-electron chi connectivity index (χ1n) is 23.2. The molecule has 7 rings (SSSR count). The van der Waals surface area contributed by atoms with Crippen LogP contribution in [0.2, 0.25) is 0 Å². The molecule has 1 saturated heterocycles. The molecule has 5 N–H and O–H groups in total. The minimum atomic E-state index is -1.98. The molecule has 1 unspecified atom stereocenters. The first-order chi connectivity index (χ1) is 32.1. The molecule has 0 spiro atoms. The number of nitrogens with one attached hydrogen (secondary N) is 1. The number of rotatable bonds is 5. The summed E-state index contributed by atoms with van der Waals surface area (Å²) in [4.78, 5) is 64.7. The zero-order valence-corrected chi connectivity index (χ0v) is 40.6. The number of amides is 1. The predicted molar refractivity (Wildman–Crippen MR) is 259 cm³/mol. The number of aliphatic hydroxyl groups is 3. The molecule has 3 aliphatic rings. The van der Waals surface area contributed by atoms with Crippen molar-refractivity contribution in [3.63, 3.8) is 0 Å². The van der Waals surface area contributed by atoms with Crippen LogP contribution in [-0.2, 0) is 23.8 Å². The third kappa shape index (κ3) is 9.28. The number of piperazine rings is 1. The Balaban J connectivity index is 1.46. The number of fused-ring (bicyclic) bond motifs is 2. The number of ether oxygens (including phenoxy) is 4. The second-order valence-corrected chi connectivity index (χ2v) is 19.2. The third-order valence-corrected chi connectivity index (χ3v) is 13.8. The van der Waals surface area contributed by atoms with Crippen molar-refractivity contribution < 1.29 is 53.4 Å². The zero-order chi connectivity index (χ0) is 49.7. The summed E-state index contributed by atoms with van der Waals surface area (Å²) < 4.78 is 30.5. The monoisotopic (exact) mass is 940 g/mol. The van der Waals surface area contributed by atoms with Crippen LogP contribution in [0.4, 0.5) is 11.4 Å². The van der Waals surface area contributed by atoms with E-state index in [1.807, 2.05) is 0 Å². The Bertz CT molecular complexity index is 2900. The number of nitrogens with zero attached hydrogens (tertiary/aromatic N) is 3. The number of aromatic hydroxyl groups is 1. The normalized spacial score (nSPS) is 29.5. The van der Waals surface area contributed by atoms with Gasteiger partial charge in [-0.3, -0.25) is 24.1 Å². The van der Waals surface area contributed by atoms with E-state index in [4.69, 9.17) is 28.3 Å². The van der Waals surface area contributed by atoms with Crippen molar-refractivity contribution in [2.45, 2.75) is 99.4 Å². The number of hydrogen-bond acceptors (Lipinski definition) is 16. The van der Waals surface area contributed by atoms with Gasteiger partial charge in [-0.1, -0.05) is 59.8 Å². The first-order valence-corrected chi connectivity index (χ1v) is 23.2. The number of carbonyl (C=O) groups excluding carboxylic acids is 2. The molecule has 3 aliphatic heterocycles. The molecule has 1 aromatic heterocycles. The van der Waals surface area contributed by atoms with Gasteiger partial charge in [0.2, 0.25) is 10.9 Å². The SMILES string of the molecule is CO[C@@H]1/C=C/OC2(C)Oc3c(C)c(O)c4c(=O)c(c5oc6cc(N7CCN(CC(C)C)CC7)cc(=O)c6nc5c4c3=C2O)NC(=O)/C(C)=C\C=C\[C@H](C)[C@H](O)[C@H](C)[C@H](O)[C@H](C)[C@@H](OC(C)=O)[C@H]1C.